The second-order valence-electron chi connectivity index (χ2n) is 5.10. The molecule has 5 N–H and O–H groups in total. The van der Waals surface area contributed by atoms with Crippen molar-refractivity contribution in [3.8, 4) is 0 Å². The van der Waals surface area contributed by atoms with Crippen molar-refractivity contribution < 1.29 is 13.2 Å². The monoisotopic (exact) mass is 333 g/mol. The first-order valence-electron chi connectivity index (χ1n) is 6.58. The van der Waals surface area contributed by atoms with Gasteiger partial charge >= 0.3 is 0 Å². The minimum absolute atomic E-state index is 0.0133. The molecule has 0 saturated carbocycles. The fraction of sp³-hybridized carbons (Fsp3) is 0.636. The number of nitrogens with zero attached hydrogens (tertiary/aromatic N) is 2. The van der Waals surface area contributed by atoms with Gasteiger partial charge in [0.05, 0.1) is 12.1 Å². The topological polar surface area (TPSA) is 131 Å². The van der Waals surface area contributed by atoms with Crippen molar-refractivity contribution >= 4 is 32.6 Å². The van der Waals surface area contributed by atoms with Crippen LogP contribution >= 0.6 is 11.3 Å². The van der Waals surface area contributed by atoms with Crippen molar-refractivity contribution in [1.29, 1.82) is 0 Å². The van der Waals surface area contributed by atoms with E-state index in [1.165, 1.54) is 11.3 Å². The molecule has 1 aromatic rings. The van der Waals surface area contributed by atoms with Gasteiger partial charge in [0.15, 0.2) is 5.13 Å². The standard InChI is InChI=1S/C11H19N5O3S2/c12-11-15-9(7-20-11)4-10(17)16-3-1-2-8(6-16)5-14-21(13,18)19/h7-8,14H,1-6H2,(H2,12,15)(H2,13,18,19). The molecule has 0 aliphatic carbocycles. The van der Waals surface area contributed by atoms with E-state index >= 15 is 0 Å². The number of likely N-dealkylation sites (tertiary alicyclic amines) is 1. The number of hydrogen-bond donors (Lipinski definition) is 3. The van der Waals surface area contributed by atoms with Gasteiger partial charge < -0.3 is 10.6 Å². The maximum atomic E-state index is 12.2. The molecule has 10 heteroatoms. The molecule has 1 aliphatic heterocycles. The molecule has 1 amide bonds. The Morgan fingerprint density at radius 3 is 2.95 bits per heavy atom. The molecule has 0 spiro atoms. The van der Waals surface area contributed by atoms with Gasteiger partial charge in [0.1, 0.15) is 0 Å². The summed E-state index contributed by atoms with van der Waals surface area (Å²) in [5.41, 5.74) is 6.21. The van der Waals surface area contributed by atoms with Gasteiger partial charge in [-0.05, 0) is 18.8 Å². The lowest BCUT2D eigenvalue weighted by atomic mass is 9.98. The Hall–Kier alpha value is -1.23. The van der Waals surface area contributed by atoms with Crippen LogP contribution < -0.4 is 15.6 Å². The fourth-order valence-corrected chi connectivity index (χ4v) is 3.39. The van der Waals surface area contributed by atoms with Crippen LogP contribution in [0.25, 0.3) is 0 Å². The van der Waals surface area contributed by atoms with E-state index in [-0.39, 0.29) is 24.8 Å². The number of anilines is 1. The second-order valence-corrected chi connectivity index (χ2v) is 7.36. The molecule has 118 valence electrons. The number of nitrogens with one attached hydrogen (secondary N) is 1. The third kappa shape index (κ3) is 5.23. The summed E-state index contributed by atoms with van der Waals surface area (Å²) < 4.78 is 24.1. The molecule has 0 radical (unpaired) electrons. The minimum atomic E-state index is -3.68. The summed E-state index contributed by atoms with van der Waals surface area (Å²) in [5.74, 6) is 0.0714. The smallest absolute Gasteiger partial charge is 0.274 e. The summed E-state index contributed by atoms with van der Waals surface area (Å²) >= 11 is 1.31. The van der Waals surface area contributed by atoms with Gasteiger partial charge in [0, 0.05) is 25.0 Å². The van der Waals surface area contributed by atoms with Crippen LogP contribution in [0.5, 0.6) is 0 Å². The van der Waals surface area contributed by atoms with Crippen LogP contribution in [0.3, 0.4) is 0 Å². The van der Waals surface area contributed by atoms with Gasteiger partial charge in [0.2, 0.25) is 5.91 Å². The van der Waals surface area contributed by atoms with E-state index in [1.54, 1.807) is 10.3 Å². The van der Waals surface area contributed by atoms with Crippen LogP contribution in [0.1, 0.15) is 18.5 Å². The lowest BCUT2D eigenvalue weighted by Gasteiger charge is -2.32. The van der Waals surface area contributed by atoms with E-state index in [9.17, 15) is 13.2 Å². The second kappa shape index (κ2) is 6.69. The van der Waals surface area contributed by atoms with E-state index < -0.39 is 10.2 Å². The van der Waals surface area contributed by atoms with E-state index in [0.717, 1.165) is 12.8 Å². The predicted octanol–water partition coefficient (Wildman–Crippen LogP) is -0.700. The van der Waals surface area contributed by atoms with Gasteiger partial charge in [-0.3, -0.25) is 4.79 Å². The highest BCUT2D eigenvalue weighted by molar-refractivity contribution is 7.87. The number of carbonyl (C=O) groups is 1. The number of hydrogen-bond acceptors (Lipinski definition) is 6. The average molecular weight is 333 g/mol. The molecule has 1 saturated heterocycles. The Morgan fingerprint density at radius 1 is 1.57 bits per heavy atom. The third-order valence-electron chi connectivity index (χ3n) is 3.35. The van der Waals surface area contributed by atoms with Gasteiger partial charge in [-0.1, -0.05) is 0 Å². The number of nitrogens with two attached hydrogens (primary N) is 2. The van der Waals surface area contributed by atoms with Crippen molar-refractivity contribution in [2.24, 2.45) is 11.1 Å². The van der Waals surface area contributed by atoms with Crippen molar-refractivity contribution in [2.75, 3.05) is 25.4 Å². The van der Waals surface area contributed by atoms with Crippen LogP contribution in [0, 0.1) is 5.92 Å². The molecule has 1 fully saturated rings. The van der Waals surface area contributed by atoms with Gasteiger partial charge in [-0.15, -0.1) is 11.3 Å². The van der Waals surface area contributed by atoms with E-state index in [0.29, 0.717) is 23.9 Å². The zero-order valence-electron chi connectivity index (χ0n) is 11.5. The van der Waals surface area contributed by atoms with Crippen molar-refractivity contribution in [3.63, 3.8) is 0 Å². The van der Waals surface area contributed by atoms with E-state index in [1.807, 2.05) is 0 Å². The number of thiazole rings is 1. The number of rotatable bonds is 5. The maximum Gasteiger partial charge on any atom is 0.274 e. The Bertz CT molecular complexity index is 601. The Morgan fingerprint density at radius 2 is 2.33 bits per heavy atom. The van der Waals surface area contributed by atoms with Gasteiger partial charge in [-0.2, -0.15) is 8.42 Å². The number of carbonyl (C=O) groups excluding carboxylic acids is 1. The molecule has 1 unspecified atom stereocenters. The molecular formula is C11H19N5O3S2. The molecule has 2 rings (SSSR count). The van der Waals surface area contributed by atoms with Crippen LogP contribution in [0.2, 0.25) is 0 Å². The highest BCUT2D eigenvalue weighted by Gasteiger charge is 2.24. The van der Waals surface area contributed by atoms with Crippen LogP contribution in [-0.2, 0) is 21.4 Å². The van der Waals surface area contributed by atoms with E-state index in [2.05, 4.69) is 9.71 Å². The average Bonchev–Trinajstić information content (AvgIpc) is 2.81. The lowest BCUT2D eigenvalue weighted by molar-refractivity contribution is -0.132. The van der Waals surface area contributed by atoms with Crippen LogP contribution in [0.15, 0.2) is 5.38 Å². The lowest BCUT2D eigenvalue weighted by Crippen LogP contribution is -2.45. The first kappa shape index (κ1) is 16.1. The SMILES string of the molecule is Nc1nc(CC(=O)N2CCCC(CNS(N)(=O)=O)C2)cs1. The summed E-state index contributed by atoms with van der Waals surface area (Å²) in [4.78, 5) is 18.0. The van der Waals surface area contributed by atoms with Crippen molar-refractivity contribution in [2.45, 2.75) is 19.3 Å². The Balaban J connectivity index is 1.86. The largest absolute Gasteiger partial charge is 0.375 e. The molecule has 0 aromatic carbocycles. The quantitative estimate of drug-likeness (QED) is 0.655. The minimum Gasteiger partial charge on any atom is -0.375 e. The first-order chi connectivity index (χ1) is 9.83. The number of amides is 1. The van der Waals surface area contributed by atoms with Crippen LogP contribution in [0.4, 0.5) is 5.13 Å². The molecule has 8 nitrogen and oxygen atoms in total. The Kier molecular flexibility index (Phi) is 5.14. The number of piperidine rings is 1. The molecule has 1 aromatic heterocycles. The van der Waals surface area contributed by atoms with Crippen LogP contribution in [-0.4, -0.2) is 43.8 Å². The molecule has 0 bridgehead atoms. The summed E-state index contributed by atoms with van der Waals surface area (Å²) in [6.07, 6.45) is 1.95. The summed E-state index contributed by atoms with van der Waals surface area (Å²) in [6.45, 7) is 1.47. The number of nitrogen functional groups attached to an aromatic ring is 1. The van der Waals surface area contributed by atoms with Gasteiger partial charge in [-0.25, -0.2) is 14.8 Å². The third-order valence-corrected chi connectivity index (χ3v) is 4.64. The molecule has 21 heavy (non-hydrogen) atoms. The fourth-order valence-electron chi connectivity index (χ4n) is 2.36. The molecule has 1 aliphatic rings. The molecule has 1 atom stereocenters. The normalized spacial score (nSPS) is 19.7. The Labute approximate surface area is 127 Å². The van der Waals surface area contributed by atoms with Gasteiger partial charge in [0.25, 0.3) is 10.2 Å². The molecule has 2 heterocycles. The van der Waals surface area contributed by atoms with Crippen molar-refractivity contribution in [3.05, 3.63) is 11.1 Å². The zero-order chi connectivity index (χ0) is 15.5. The highest BCUT2D eigenvalue weighted by atomic mass is 32.2. The summed E-state index contributed by atoms with van der Waals surface area (Å²) in [6, 6.07) is 0. The predicted molar refractivity (Wildman–Crippen MR) is 80.6 cm³/mol. The van der Waals surface area contributed by atoms with Crippen molar-refractivity contribution in [1.82, 2.24) is 14.6 Å². The summed E-state index contributed by atoms with van der Waals surface area (Å²) in [5, 5.41) is 7.14. The maximum absolute atomic E-state index is 12.2. The number of aromatic nitrogens is 1. The first-order valence-corrected chi connectivity index (χ1v) is 9.01. The zero-order valence-corrected chi connectivity index (χ0v) is 13.1. The highest BCUT2D eigenvalue weighted by Crippen LogP contribution is 2.18. The molecular weight excluding hydrogens is 314 g/mol. The van der Waals surface area contributed by atoms with E-state index in [4.69, 9.17) is 10.9 Å². The summed E-state index contributed by atoms with van der Waals surface area (Å²) in [7, 11) is -3.68.